The van der Waals surface area contributed by atoms with Gasteiger partial charge in [0, 0.05) is 22.2 Å². The summed E-state index contributed by atoms with van der Waals surface area (Å²) in [6.45, 7) is 0. The molecule has 0 saturated carbocycles. The maximum Gasteiger partial charge on any atom is 0.348 e. The first-order valence-electron chi connectivity index (χ1n) is 7.82. The quantitative estimate of drug-likeness (QED) is 0.508. The summed E-state index contributed by atoms with van der Waals surface area (Å²) in [5.74, 6) is 1.31. The number of aryl methyl sites for hydroxylation is 2. The molecule has 0 saturated heterocycles. The highest BCUT2D eigenvalue weighted by Crippen LogP contribution is 2.33. The van der Waals surface area contributed by atoms with Gasteiger partial charge in [-0.1, -0.05) is 18.2 Å². The van der Waals surface area contributed by atoms with Crippen LogP contribution in [0.4, 0.5) is 0 Å². The summed E-state index contributed by atoms with van der Waals surface area (Å²) in [5, 5.41) is 4.56. The molecule has 0 N–H and O–H groups in total. The lowest BCUT2D eigenvalue weighted by molar-refractivity contribution is 0.414. The zero-order valence-corrected chi connectivity index (χ0v) is 15.2. The van der Waals surface area contributed by atoms with Crippen molar-refractivity contribution in [3.8, 4) is 16.2 Å². The van der Waals surface area contributed by atoms with Crippen LogP contribution in [0.15, 0.2) is 56.4 Å². The van der Waals surface area contributed by atoms with E-state index in [1.165, 1.54) is 11.3 Å². The molecule has 4 rings (SSSR count). The van der Waals surface area contributed by atoms with Crippen molar-refractivity contribution in [1.29, 1.82) is 0 Å². The minimum Gasteiger partial charge on any atom is -0.497 e. The molecule has 25 heavy (non-hydrogen) atoms. The van der Waals surface area contributed by atoms with E-state index in [0.29, 0.717) is 17.7 Å². The number of nitrogens with zero attached hydrogens (tertiary/aromatic N) is 1. The fourth-order valence-corrected chi connectivity index (χ4v) is 4.45. The lowest BCUT2D eigenvalue weighted by Gasteiger charge is -2.03. The number of rotatable bonds is 5. The van der Waals surface area contributed by atoms with Crippen LogP contribution in [-0.4, -0.2) is 12.1 Å². The summed E-state index contributed by atoms with van der Waals surface area (Å²) >= 11 is 3.09. The molecular formula is C19H15NO3S2. The number of thiophene rings is 2. The second kappa shape index (κ2) is 6.82. The van der Waals surface area contributed by atoms with Crippen molar-refractivity contribution >= 4 is 32.9 Å². The standard InChI is InChI=1S/C19H15NO3S2/c1-22-13-7-4-12(5-8-13)6-9-16-20-18-17(19(21)23-16)14(11-25-18)15-3-2-10-24-15/h2-5,7-8,10-11H,6,9H2,1H3. The summed E-state index contributed by atoms with van der Waals surface area (Å²) in [6, 6.07) is 11.8. The van der Waals surface area contributed by atoms with Crippen molar-refractivity contribution in [3.05, 3.63) is 69.0 Å². The molecule has 4 aromatic rings. The Labute approximate surface area is 152 Å². The van der Waals surface area contributed by atoms with Crippen LogP contribution in [-0.2, 0) is 12.8 Å². The zero-order chi connectivity index (χ0) is 17.2. The molecule has 126 valence electrons. The van der Waals surface area contributed by atoms with Crippen LogP contribution < -0.4 is 10.4 Å². The molecule has 0 aliphatic rings. The van der Waals surface area contributed by atoms with Crippen molar-refractivity contribution in [1.82, 2.24) is 4.98 Å². The van der Waals surface area contributed by atoms with Gasteiger partial charge in [-0.2, -0.15) is 0 Å². The van der Waals surface area contributed by atoms with Gasteiger partial charge in [0.25, 0.3) is 0 Å². The van der Waals surface area contributed by atoms with Gasteiger partial charge in [-0.25, -0.2) is 9.78 Å². The minimum atomic E-state index is -0.306. The van der Waals surface area contributed by atoms with E-state index in [1.54, 1.807) is 18.4 Å². The molecule has 3 aromatic heterocycles. The average Bonchev–Trinajstić information content (AvgIpc) is 3.29. The molecule has 0 fully saturated rings. The highest BCUT2D eigenvalue weighted by Gasteiger charge is 2.15. The van der Waals surface area contributed by atoms with Crippen molar-refractivity contribution in [2.45, 2.75) is 12.8 Å². The second-order valence-electron chi connectivity index (χ2n) is 5.55. The SMILES string of the molecule is COc1ccc(CCc2nc3scc(-c4cccs4)c3c(=O)o2)cc1. The predicted octanol–water partition coefficient (Wildman–Crippen LogP) is 4.77. The second-order valence-corrected chi connectivity index (χ2v) is 7.36. The Balaban J connectivity index is 1.60. The molecule has 3 heterocycles. The molecule has 0 aliphatic heterocycles. The monoisotopic (exact) mass is 369 g/mol. The fraction of sp³-hybridized carbons (Fsp3) is 0.158. The van der Waals surface area contributed by atoms with E-state index < -0.39 is 0 Å². The Morgan fingerprint density at radius 3 is 2.68 bits per heavy atom. The predicted molar refractivity (Wildman–Crippen MR) is 102 cm³/mol. The third kappa shape index (κ3) is 3.23. The largest absolute Gasteiger partial charge is 0.497 e. The van der Waals surface area contributed by atoms with Crippen LogP contribution in [0.5, 0.6) is 5.75 Å². The van der Waals surface area contributed by atoms with Crippen LogP contribution in [0, 0.1) is 0 Å². The summed E-state index contributed by atoms with van der Waals surface area (Å²) in [6.07, 6.45) is 1.35. The van der Waals surface area contributed by atoms with Gasteiger partial charge in [-0.05, 0) is 35.6 Å². The topological polar surface area (TPSA) is 52.3 Å². The highest BCUT2D eigenvalue weighted by molar-refractivity contribution is 7.18. The smallest absolute Gasteiger partial charge is 0.348 e. The zero-order valence-electron chi connectivity index (χ0n) is 13.5. The number of ether oxygens (including phenoxy) is 1. The van der Waals surface area contributed by atoms with Crippen LogP contribution in [0.25, 0.3) is 20.7 Å². The molecule has 4 nitrogen and oxygen atoms in total. The van der Waals surface area contributed by atoms with Crippen LogP contribution in [0.1, 0.15) is 11.5 Å². The minimum absolute atomic E-state index is 0.306. The first-order chi connectivity index (χ1) is 12.2. The van der Waals surface area contributed by atoms with E-state index in [1.807, 2.05) is 47.2 Å². The third-order valence-corrected chi connectivity index (χ3v) is 5.76. The lowest BCUT2D eigenvalue weighted by atomic mass is 10.1. The molecule has 0 radical (unpaired) electrons. The van der Waals surface area contributed by atoms with Gasteiger partial charge in [0.1, 0.15) is 16.0 Å². The van der Waals surface area contributed by atoms with Crippen LogP contribution in [0.2, 0.25) is 0 Å². The van der Waals surface area contributed by atoms with Gasteiger partial charge in [0.05, 0.1) is 7.11 Å². The average molecular weight is 369 g/mol. The number of fused-ring (bicyclic) bond motifs is 1. The van der Waals surface area contributed by atoms with Gasteiger partial charge in [0.2, 0.25) is 0 Å². The first kappa shape index (κ1) is 16.1. The summed E-state index contributed by atoms with van der Waals surface area (Å²) < 4.78 is 10.6. The molecule has 0 atom stereocenters. The number of hydrogen-bond acceptors (Lipinski definition) is 6. The van der Waals surface area contributed by atoms with Gasteiger partial charge < -0.3 is 9.15 Å². The van der Waals surface area contributed by atoms with Gasteiger partial charge in [-0.15, -0.1) is 22.7 Å². The van der Waals surface area contributed by atoms with Crippen LogP contribution in [0.3, 0.4) is 0 Å². The van der Waals surface area contributed by atoms with Crippen molar-refractivity contribution in [3.63, 3.8) is 0 Å². The Morgan fingerprint density at radius 1 is 1.12 bits per heavy atom. The van der Waals surface area contributed by atoms with Crippen LogP contribution >= 0.6 is 22.7 Å². The maximum absolute atomic E-state index is 12.5. The Bertz CT molecular complexity index is 1050. The summed E-state index contributed by atoms with van der Waals surface area (Å²) in [7, 11) is 1.65. The number of methoxy groups -OCH3 is 1. The van der Waals surface area contributed by atoms with Crippen molar-refractivity contribution in [2.24, 2.45) is 0 Å². The number of benzene rings is 1. The van der Waals surface area contributed by atoms with E-state index in [-0.39, 0.29) is 5.63 Å². The number of hydrogen-bond donors (Lipinski definition) is 0. The molecule has 6 heteroatoms. The first-order valence-corrected chi connectivity index (χ1v) is 9.58. The Morgan fingerprint density at radius 2 is 1.96 bits per heavy atom. The van der Waals surface area contributed by atoms with E-state index in [9.17, 15) is 4.79 Å². The van der Waals surface area contributed by atoms with E-state index in [2.05, 4.69) is 4.98 Å². The Kier molecular flexibility index (Phi) is 4.38. The van der Waals surface area contributed by atoms with E-state index in [4.69, 9.17) is 9.15 Å². The molecule has 0 amide bonds. The molecule has 1 aromatic carbocycles. The number of aromatic nitrogens is 1. The van der Waals surface area contributed by atoms with Crippen molar-refractivity contribution < 1.29 is 9.15 Å². The molecule has 0 unspecified atom stereocenters. The van der Waals surface area contributed by atoms with Gasteiger partial charge in [0.15, 0.2) is 5.89 Å². The molecule has 0 aliphatic carbocycles. The lowest BCUT2D eigenvalue weighted by Crippen LogP contribution is -2.05. The van der Waals surface area contributed by atoms with Gasteiger partial charge >= 0.3 is 5.63 Å². The summed E-state index contributed by atoms with van der Waals surface area (Å²) in [4.78, 5) is 18.8. The van der Waals surface area contributed by atoms with Gasteiger partial charge in [-0.3, -0.25) is 0 Å². The third-order valence-electron chi connectivity index (χ3n) is 3.99. The maximum atomic E-state index is 12.5. The molecule has 0 spiro atoms. The normalized spacial score (nSPS) is 11.1. The van der Waals surface area contributed by atoms with E-state index >= 15 is 0 Å². The fourth-order valence-electron chi connectivity index (χ4n) is 2.68. The van der Waals surface area contributed by atoms with E-state index in [0.717, 1.165) is 33.0 Å². The highest BCUT2D eigenvalue weighted by atomic mass is 32.1. The Hall–Kier alpha value is -2.44. The molecule has 0 bridgehead atoms. The summed E-state index contributed by atoms with van der Waals surface area (Å²) in [5.41, 5.74) is 1.76. The molecular weight excluding hydrogens is 354 g/mol. The van der Waals surface area contributed by atoms with Crippen molar-refractivity contribution in [2.75, 3.05) is 7.11 Å².